The maximum atomic E-state index is 5.55. The normalized spacial score (nSPS) is 11.4. The monoisotopic (exact) mass is 352 g/mol. The van der Waals surface area contributed by atoms with Gasteiger partial charge in [-0.2, -0.15) is 0 Å². The summed E-state index contributed by atoms with van der Waals surface area (Å²) in [6.07, 6.45) is 2.35. The Morgan fingerprint density at radius 2 is 2.00 bits per heavy atom. The van der Waals surface area contributed by atoms with E-state index < -0.39 is 0 Å². The van der Waals surface area contributed by atoms with E-state index >= 15 is 0 Å². The fraction of sp³-hybridized carbons (Fsp3) is 0.529. The molecule has 0 spiro atoms. The van der Waals surface area contributed by atoms with Crippen LogP contribution in [0.2, 0.25) is 0 Å². The second-order valence-corrected chi connectivity index (χ2v) is 6.08. The number of aromatic nitrogens is 1. The molecule has 2 aromatic rings. The zero-order chi connectivity index (χ0) is 15.1. The molecule has 0 saturated carbocycles. The summed E-state index contributed by atoms with van der Waals surface area (Å²) in [7, 11) is 0. The van der Waals surface area contributed by atoms with Gasteiger partial charge in [-0.3, -0.25) is 0 Å². The predicted molar refractivity (Wildman–Crippen MR) is 93.0 cm³/mol. The van der Waals surface area contributed by atoms with E-state index in [2.05, 4.69) is 63.9 Å². The third-order valence-corrected chi connectivity index (χ3v) is 4.73. The van der Waals surface area contributed by atoms with Crippen LogP contribution in [0.1, 0.15) is 25.5 Å². The number of hydrogen-bond donors (Lipinski definition) is 1. The Kier molecular flexibility index (Phi) is 6.74. The first-order chi connectivity index (χ1) is 10.3. The quantitative estimate of drug-likeness (QED) is 0.687. The van der Waals surface area contributed by atoms with Crippen LogP contribution in [0.3, 0.4) is 0 Å². The Balaban J connectivity index is 1.80. The second-order valence-electron chi connectivity index (χ2n) is 5.28. The van der Waals surface area contributed by atoms with E-state index in [0.717, 1.165) is 39.3 Å². The molecule has 1 heterocycles. The van der Waals surface area contributed by atoms with Gasteiger partial charge in [-0.15, -0.1) is 0 Å². The molecule has 1 aromatic heterocycles. The largest absolute Gasteiger partial charge is 0.380 e. The van der Waals surface area contributed by atoms with Gasteiger partial charge in [-0.05, 0) is 35.3 Å². The summed E-state index contributed by atoms with van der Waals surface area (Å²) in [4.78, 5) is 0. The van der Waals surface area contributed by atoms with Crippen molar-refractivity contribution < 1.29 is 4.74 Å². The van der Waals surface area contributed by atoms with Crippen molar-refractivity contribution in [3.63, 3.8) is 0 Å². The number of nitrogens with zero attached hydrogens (tertiary/aromatic N) is 1. The number of para-hydroxylation sites is 1. The van der Waals surface area contributed by atoms with E-state index in [-0.39, 0.29) is 0 Å². The summed E-state index contributed by atoms with van der Waals surface area (Å²) in [5, 5.41) is 4.74. The van der Waals surface area contributed by atoms with Crippen molar-refractivity contribution in [1.82, 2.24) is 9.88 Å². The minimum atomic E-state index is 0.801. The highest BCUT2D eigenvalue weighted by Gasteiger charge is 2.10. The molecule has 0 bridgehead atoms. The highest BCUT2D eigenvalue weighted by Crippen LogP contribution is 2.30. The van der Waals surface area contributed by atoms with E-state index in [1.54, 1.807) is 0 Å². The van der Waals surface area contributed by atoms with Crippen LogP contribution in [0.5, 0.6) is 0 Å². The lowest BCUT2D eigenvalue weighted by molar-refractivity contribution is 0.133. The zero-order valence-electron chi connectivity index (χ0n) is 13.0. The number of ether oxygens (including phenoxy) is 1. The lowest BCUT2D eigenvalue weighted by atomic mass is 10.2. The van der Waals surface area contributed by atoms with Gasteiger partial charge in [0.2, 0.25) is 0 Å². The molecular weight excluding hydrogens is 328 g/mol. The molecule has 0 fully saturated rings. The van der Waals surface area contributed by atoms with Crippen molar-refractivity contribution >= 4 is 26.8 Å². The highest BCUT2D eigenvalue weighted by molar-refractivity contribution is 9.10. The van der Waals surface area contributed by atoms with E-state index in [4.69, 9.17) is 4.74 Å². The highest BCUT2D eigenvalue weighted by atomic mass is 79.9. The van der Waals surface area contributed by atoms with Gasteiger partial charge >= 0.3 is 0 Å². The van der Waals surface area contributed by atoms with Crippen LogP contribution in [0, 0.1) is 6.92 Å². The number of unbranched alkanes of at least 4 members (excludes halogenated alkanes) is 1. The van der Waals surface area contributed by atoms with E-state index in [1.165, 1.54) is 27.5 Å². The van der Waals surface area contributed by atoms with Gasteiger partial charge < -0.3 is 14.6 Å². The molecule has 0 atom stereocenters. The van der Waals surface area contributed by atoms with Gasteiger partial charge in [0.05, 0.1) is 6.61 Å². The third-order valence-electron chi connectivity index (χ3n) is 3.73. The SMILES string of the molecule is CCCCOCCNCCn1c(C)c(Br)c2ccccc21. The Morgan fingerprint density at radius 1 is 1.19 bits per heavy atom. The molecule has 21 heavy (non-hydrogen) atoms. The van der Waals surface area contributed by atoms with Gasteiger partial charge in [0.25, 0.3) is 0 Å². The fourth-order valence-electron chi connectivity index (χ4n) is 2.49. The lowest BCUT2D eigenvalue weighted by Crippen LogP contribution is -2.24. The maximum absolute atomic E-state index is 5.55. The maximum Gasteiger partial charge on any atom is 0.0590 e. The molecule has 2 rings (SSSR count). The molecule has 0 radical (unpaired) electrons. The third kappa shape index (κ3) is 4.31. The summed E-state index contributed by atoms with van der Waals surface area (Å²) in [6, 6.07) is 8.53. The van der Waals surface area contributed by atoms with Crippen molar-refractivity contribution in [1.29, 1.82) is 0 Å². The van der Waals surface area contributed by atoms with E-state index in [0.29, 0.717) is 0 Å². The van der Waals surface area contributed by atoms with Gasteiger partial charge in [0.15, 0.2) is 0 Å². The number of fused-ring (bicyclic) bond motifs is 1. The van der Waals surface area contributed by atoms with Crippen molar-refractivity contribution in [2.24, 2.45) is 0 Å². The number of nitrogens with one attached hydrogen (secondary N) is 1. The minimum Gasteiger partial charge on any atom is -0.380 e. The average Bonchev–Trinajstić information content (AvgIpc) is 2.75. The van der Waals surface area contributed by atoms with Crippen molar-refractivity contribution in [3.05, 3.63) is 34.4 Å². The fourth-order valence-corrected chi connectivity index (χ4v) is 3.03. The van der Waals surface area contributed by atoms with E-state index in [9.17, 15) is 0 Å². The number of hydrogen-bond acceptors (Lipinski definition) is 2. The van der Waals surface area contributed by atoms with Crippen LogP contribution in [-0.4, -0.2) is 30.9 Å². The Labute approximate surface area is 135 Å². The zero-order valence-corrected chi connectivity index (χ0v) is 14.6. The Morgan fingerprint density at radius 3 is 2.81 bits per heavy atom. The summed E-state index contributed by atoms with van der Waals surface area (Å²) >= 11 is 3.70. The van der Waals surface area contributed by atoms with Crippen LogP contribution in [0.4, 0.5) is 0 Å². The molecule has 116 valence electrons. The molecular formula is C17H25BrN2O. The summed E-state index contributed by atoms with van der Waals surface area (Å²) < 4.78 is 9.12. The topological polar surface area (TPSA) is 26.2 Å². The van der Waals surface area contributed by atoms with Crippen molar-refractivity contribution in [3.8, 4) is 0 Å². The van der Waals surface area contributed by atoms with Gasteiger partial charge in [-0.1, -0.05) is 31.5 Å². The summed E-state index contributed by atoms with van der Waals surface area (Å²) in [6.45, 7) is 8.89. The molecule has 0 aliphatic carbocycles. The second kappa shape index (κ2) is 8.57. The minimum absolute atomic E-state index is 0.801. The first-order valence-corrected chi connectivity index (χ1v) is 8.56. The first-order valence-electron chi connectivity index (χ1n) is 7.77. The number of rotatable bonds is 9. The molecule has 3 nitrogen and oxygen atoms in total. The van der Waals surface area contributed by atoms with Crippen LogP contribution >= 0.6 is 15.9 Å². The predicted octanol–water partition coefficient (Wildman–Crippen LogP) is 4.12. The van der Waals surface area contributed by atoms with Gasteiger partial charge in [0, 0.05) is 47.3 Å². The van der Waals surface area contributed by atoms with Crippen LogP contribution in [0.15, 0.2) is 28.7 Å². The number of halogens is 1. The molecule has 1 N–H and O–H groups in total. The lowest BCUT2D eigenvalue weighted by Gasteiger charge is -2.10. The molecule has 1 aromatic carbocycles. The van der Waals surface area contributed by atoms with Crippen molar-refractivity contribution in [2.75, 3.05) is 26.3 Å². The molecule has 0 amide bonds. The van der Waals surface area contributed by atoms with Crippen LogP contribution in [0.25, 0.3) is 10.9 Å². The van der Waals surface area contributed by atoms with E-state index in [1.807, 2.05) is 0 Å². The van der Waals surface area contributed by atoms with Crippen LogP contribution < -0.4 is 5.32 Å². The standard InChI is InChI=1S/C17H25BrN2O/c1-3-4-12-21-13-10-19-9-11-20-14(2)17(18)15-7-5-6-8-16(15)20/h5-8,19H,3-4,9-13H2,1-2H3. The van der Waals surface area contributed by atoms with Crippen molar-refractivity contribution in [2.45, 2.75) is 33.2 Å². The molecule has 0 saturated heterocycles. The Bertz CT molecular complexity index is 565. The molecule has 0 aliphatic rings. The molecule has 4 heteroatoms. The van der Waals surface area contributed by atoms with Crippen LogP contribution in [-0.2, 0) is 11.3 Å². The molecule has 0 unspecified atom stereocenters. The van der Waals surface area contributed by atoms with Gasteiger partial charge in [-0.25, -0.2) is 0 Å². The molecule has 0 aliphatic heterocycles. The Hall–Kier alpha value is -0.840. The number of benzene rings is 1. The smallest absolute Gasteiger partial charge is 0.0590 e. The summed E-state index contributed by atoms with van der Waals surface area (Å²) in [5.74, 6) is 0. The average molecular weight is 353 g/mol. The first kappa shape index (κ1) is 16.5. The van der Waals surface area contributed by atoms with Gasteiger partial charge in [0.1, 0.15) is 0 Å². The summed E-state index contributed by atoms with van der Waals surface area (Å²) in [5.41, 5.74) is 2.58.